The highest BCUT2D eigenvalue weighted by Crippen LogP contribution is 2.20. The van der Waals surface area contributed by atoms with Crippen LogP contribution in [0.3, 0.4) is 0 Å². The van der Waals surface area contributed by atoms with Crippen LogP contribution in [-0.4, -0.2) is 11.1 Å². The van der Waals surface area contributed by atoms with Crippen LogP contribution in [0.25, 0.3) is 0 Å². The van der Waals surface area contributed by atoms with E-state index in [0.29, 0.717) is 10.7 Å². The summed E-state index contributed by atoms with van der Waals surface area (Å²) < 4.78 is 0. The van der Waals surface area contributed by atoms with Gasteiger partial charge in [-0.05, 0) is 18.2 Å². The largest absolute Gasteiger partial charge is 0.478 e. The van der Waals surface area contributed by atoms with E-state index in [0.717, 1.165) is 11.5 Å². The number of carbonyl (C=O) groups is 1. The molecule has 0 fully saturated rings. The number of pyridine rings is 1. The number of aromatic amines is 1. The first-order valence-corrected chi connectivity index (χ1v) is 6.67. The lowest BCUT2D eigenvalue weighted by atomic mass is 10.0. The molecule has 5 heteroatoms. The maximum Gasteiger partial charge on any atom is 0.339 e. The number of nitrogens with one attached hydrogen (secondary N) is 2. The van der Waals surface area contributed by atoms with E-state index >= 15 is 0 Å². The van der Waals surface area contributed by atoms with E-state index in [-0.39, 0.29) is 11.5 Å². The summed E-state index contributed by atoms with van der Waals surface area (Å²) in [5, 5.41) is 13.0. The van der Waals surface area contributed by atoms with Gasteiger partial charge in [0, 0.05) is 23.1 Å². The number of carboxylic acid groups (broad SMARTS) is 1. The average molecular weight is 292 g/mol. The summed E-state index contributed by atoms with van der Waals surface area (Å²) in [6, 6.07) is 10.6. The molecular weight excluding hydrogens is 276 g/mol. The Bertz CT molecular complexity index is 642. The molecule has 0 unspecified atom stereocenters. The second kappa shape index (κ2) is 5.92. The molecule has 0 aliphatic rings. The van der Waals surface area contributed by atoms with E-state index in [1.807, 2.05) is 26.0 Å². The number of halogens is 1. The first kappa shape index (κ1) is 14.3. The van der Waals surface area contributed by atoms with E-state index in [2.05, 4.69) is 10.3 Å². The highest BCUT2D eigenvalue weighted by atomic mass is 35.5. The van der Waals surface area contributed by atoms with Gasteiger partial charge in [-0.25, -0.2) is 15.1 Å². The normalized spacial score (nSPS) is 10.6. The van der Waals surface area contributed by atoms with Crippen molar-refractivity contribution in [1.82, 2.24) is 0 Å². The van der Waals surface area contributed by atoms with Crippen molar-refractivity contribution < 1.29 is 14.9 Å². The fourth-order valence-corrected chi connectivity index (χ4v) is 2.14. The van der Waals surface area contributed by atoms with Crippen LogP contribution in [0, 0.1) is 0 Å². The SMILES string of the molecule is CC(C)c1[nH+]c(Nc2cccc(Cl)c2)ccc1C(=O)O. The van der Waals surface area contributed by atoms with Crippen molar-refractivity contribution in [3.8, 4) is 0 Å². The Hall–Kier alpha value is -2.07. The van der Waals surface area contributed by atoms with Crippen LogP contribution in [-0.2, 0) is 0 Å². The maximum absolute atomic E-state index is 11.2. The van der Waals surface area contributed by atoms with Gasteiger partial charge in [0.2, 0.25) is 0 Å². The number of benzene rings is 1. The van der Waals surface area contributed by atoms with Crippen LogP contribution in [0.15, 0.2) is 36.4 Å². The lowest BCUT2D eigenvalue weighted by Gasteiger charge is -2.08. The highest BCUT2D eigenvalue weighted by Gasteiger charge is 2.18. The van der Waals surface area contributed by atoms with E-state index in [1.54, 1.807) is 24.3 Å². The third-order valence-corrected chi connectivity index (χ3v) is 3.12. The van der Waals surface area contributed by atoms with E-state index in [4.69, 9.17) is 11.6 Å². The monoisotopic (exact) mass is 291 g/mol. The molecule has 1 aromatic carbocycles. The number of anilines is 2. The average Bonchev–Trinajstić information content (AvgIpc) is 2.38. The van der Waals surface area contributed by atoms with Gasteiger partial charge in [0.05, 0.1) is 0 Å². The smallest absolute Gasteiger partial charge is 0.339 e. The molecule has 0 amide bonds. The zero-order chi connectivity index (χ0) is 14.7. The number of H-pyrrole nitrogens is 1. The molecule has 0 atom stereocenters. The summed E-state index contributed by atoms with van der Waals surface area (Å²) >= 11 is 5.93. The van der Waals surface area contributed by atoms with Crippen molar-refractivity contribution in [3.05, 3.63) is 52.7 Å². The molecule has 0 spiro atoms. The molecule has 4 nitrogen and oxygen atoms in total. The Morgan fingerprint density at radius 2 is 2.05 bits per heavy atom. The summed E-state index contributed by atoms with van der Waals surface area (Å²) in [7, 11) is 0. The number of aromatic carboxylic acids is 1. The fourth-order valence-electron chi connectivity index (χ4n) is 1.95. The minimum Gasteiger partial charge on any atom is -0.478 e. The van der Waals surface area contributed by atoms with Crippen molar-refractivity contribution in [2.24, 2.45) is 0 Å². The number of hydrogen-bond acceptors (Lipinski definition) is 2. The second-order valence-electron chi connectivity index (χ2n) is 4.79. The number of carboxylic acids is 1. The molecule has 1 heterocycles. The van der Waals surface area contributed by atoms with Gasteiger partial charge in [-0.1, -0.05) is 31.5 Å². The Morgan fingerprint density at radius 1 is 1.30 bits per heavy atom. The topological polar surface area (TPSA) is 63.5 Å². The lowest BCUT2D eigenvalue weighted by molar-refractivity contribution is -0.375. The van der Waals surface area contributed by atoms with E-state index in [1.165, 1.54) is 0 Å². The summed E-state index contributed by atoms with van der Waals surface area (Å²) in [6.45, 7) is 3.89. The van der Waals surface area contributed by atoms with Gasteiger partial charge in [0.1, 0.15) is 16.9 Å². The zero-order valence-corrected chi connectivity index (χ0v) is 12.0. The van der Waals surface area contributed by atoms with Crippen LogP contribution in [0.1, 0.15) is 35.8 Å². The molecule has 3 N–H and O–H groups in total. The first-order chi connectivity index (χ1) is 9.47. The number of aromatic nitrogens is 1. The minimum atomic E-state index is -0.931. The summed E-state index contributed by atoms with van der Waals surface area (Å²) in [6.07, 6.45) is 0. The maximum atomic E-state index is 11.2. The van der Waals surface area contributed by atoms with Gasteiger partial charge in [-0.3, -0.25) is 0 Å². The Labute approximate surface area is 122 Å². The summed E-state index contributed by atoms with van der Waals surface area (Å²) in [5.41, 5.74) is 1.81. The second-order valence-corrected chi connectivity index (χ2v) is 5.23. The Morgan fingerprint density at radius 3 is 2.65 bits per heavy atom. The van der Waals surface area contributed by atoms with Gasteiger partial charge in [-0.15, -0.1) is 0 Å². The molecule has 0 saturated carbocycles. The first-order valence-electron chi connectivity index (χ1n) is 6.29. The third kappa shape index (κ3) is 3.27. The number of rotatable bonds is 4. The van der Waals surface area contributed by atoms with Crippen molar-refractivity contribution in [1.29, 1.82) is 0 Å². The van der Waals surface area contributed by atoms with Gasteiger partial charge < -0.3 is 5.11 Å². The van der Waals surface area contributed by atoms with Crippen molar-refractivity contribution >= 4 is 29.1 Å². The fraction of sp³-hybridized carbons (Fsp3) is 0.200. The van der Waals surface area contributed by atoms with Gasteiger partial charge in [0.25, 0.3) is 5.82 Å². The molecule has 2 rings (SSSR count). The zero-order valence-electron chi connectivity index (χ0n) is 11.3. The predicted octanol–water partition coefficient (Wildman–Crippen LogP) is 3.72. The van der Waals surface area contributed by atoms with Crippen LogP contribution >= 0.6 is 11.6 Å². The Kier molecular flexibility index (Phi) is 4.25. The van der Waals surface area contributed by atoms with Crippen LogP contribution in [0.5, 0.6) is 0 Å². The molecule has 0 aliphatic carbocycles. The molecule has 0 bridgehead atoms. The minimum absolute atomic E-state index is 0.0854. The summed E-state index contributed by atoms with van der Waals surface area (Å²) in [5.74, 6) is -0.123. The standard InChI is InChI=1S/C15H15ClN2O2/c1-9(2)14-12(15(19)20)6-7-13(18-14)17-11-5-3-4-10(16)8-11/h3-9H,1-2H3,(H,17,18)(H,19,20)/p+1. The lowest BCUT2D eigenvalue weighted by Crippen LogP contribution is -2.21. The third-order valence-electron chi connectivity index (χ3n) is 2.89. The van der Waals surface area contributed by atoms with E-state index < -0.39 is 5.97 Å². The van der Waals surface area contributed by atoms with Gasteiger partial charge in [-0.2, -0.15) is 0 Å². The molecule has 104 valence electrons. The van der Waals surface area contributed by atoms with Gasteiger partial charge in [0.15, 0.2) is 0 Å². The van der Waals surface area contributed by atoms with Crippen molar-refractivity contribution in [3.63, 3.8) is 0 Å². The van der Waals surface area contributed by atoms with Crippen LogP contribution < -0.4 is 10.3 Å². The van der Waals surface area contributed by atoms with Crippen LogP contribution in [0.4, 0.5) is 11.5 Å². The number of hydrogen-bond donors (Lipinski definition) is 2. The van der Waals surface area contributed by atoms with Crippen molar-refractivity contribution in [2.75, 3.05) is 5.32 Å². The quantitative estimate of drug-likeness (QED) is 0.902. The van der Waals surface area contributed by atoms with E-state index in [9.17, 15) is 9.90 Å². The van der Waals surface area contributed by atoms with Crippen LogP contribution in [0.2, 0.25) is 5.02 Å². The molecular formula is C15H16ClN2O2+. The predicted molar refractivity (Wildman–Crippen MR) is 78.8 cm³/mol. The molecule has 2 aromatic rings. The molecule has 0 radical (unpaired) electrons. The molecule has 0 saturated heterocycles. The highest BCUT2D eigenvalue weighted by molar-refractivity contribution is 6.30. The molecule has 1 aromatic heterocycles. The van der Waals surface area contributed by atoms with Gasteiger partial charge >= 0.3 is 5.97 Å². The molecule has 20 heavy (non-hydrogen) atoms. The Balaban J connectivity index is 2.34. The molecule has 0 aliphatic heterocycles. The van der Waals surface area contributed by atoms with Crippen molar-refractivity contribution in [2.45, 2.75) is 19.8 Å². The summed E-state index contributed by atoms with van der Waals surface area (Å²) in [4.78, 5) is 14.3.